The molecule has 2 aromatic carbocycles. The number of nitrogens with zero attached hydrogens (tertiary/aromatic N) is 6. The Kier molecular flexibility index (Phi) is 3.86. The average Bonchev–Trinajstić information content (AvgIpc) is 3.21. The fourth-order valence-electron chi connectivity index (χ4n) is 4.33. The zero-order valence-corrected chi connectivity index (χ0v) is 16.5. The number of allylic oxidation sites excluding steroid dienone is 1. The molecule has 30 heavy (non-hydrogen) atoms. The molecular weight excluding hydrogens is 372 g/mol. The molecule has 1 fully saturated rings. The molecule has 3 aliphatic rings. The van der Waals surface area contributed by atoms with Crippen LogP contribution in [0.4, 0.5) is 5.69 Å². The van der Waals surface area contributed by atoms with Gasteiger partial charge in [-0.25, -0.2) is 15.0 Å². The van der Waals surface area contributed by atoms with E-state index in [0.717, 1.165) is 33.7 Å². The lowest BCUT2D eigenvalue weighted by molar-refractivity contribution is -0.746. The van der Waals surface area contributed by atoms with Gasteiger partial charge < -0.3 is 0 Å². The summed E-state index contributed by atoms with van der Waals surface area (Å²) in [6.07, 6.45) is 15.2. The lowest BCUT2D eigenvalue weighted by Crippen LogP contribution is -2.61. The minimum absolute atomic E-state index is 0.441. The summed E-state index contributed by atoms with van der Waals surface area (Å²) in [5.74, 6) is 0. The van der Waals surface area contributed by atoms with E-state index in [9.17, 15) is 0 Å². The van der Waals surface area contributed by atoms with Crippen LogP contribution in [0.5, 0.6) is 0 Å². The zero-order chi connectivity index (χ0) is 20.0. The van der Waals surface area contributed by atoms with Crippen molar-refractivity contribution in [2.45, 2.75) is 25.3 Å². The highest BCUT2D eigenvalue weighted by Crippen LogP contribution is 2.39. The van der Waals surface area contributed by atoms with E-state index in [1.165, 1.54) is 19.3 Å². The second-order valence-electron chi connectivity index (χ2n) is 7.86. The molecule has 1 atom stereocenters. The molecule has 146 valence electrons. The van der Waals surface area contributed by atoms with Crippen LogP contribution in [0.3, 0.4) is 0 Å². The Balaban J connectivity index is 1.48. The Morgan fingerprint density at radius 2 is 1.87 bits per heavy atom. The van der Waals surface area contributed by atoms with Gasteiger partial charge in [0.15, 0.2) is 6.20 Å². The molecule has 0 bridgehead atoms. The smallest absolute Gasteiger partial charge is 0.225 e. The first-order valence-electron chi connectivity index (χ1n) is 10.3. The van der Waals surface area contributed by atoms with E-state index in [2.05, 4.69) is 56.5 Å². The Morgan fingerprint density at radius 3 is 2.70 bits per heavy atom. The Labute approximate surface area is 174 Å². The summed E-state index contributed by atoms with van der Waals surface area (Å²) in [6, 6.07) is 17.0. The Morgan fingerprint density at radius 1 is 0.967 bits per heavy atom. The average molecular weight is 393 g/mol. The van der Waals surface area contributed by atoms with Crippen LogP contribution in [-0.2, 0) is 0 Å². The number of anilines is 1. The van der Waals surface area contributed by atoms with Crippen LogP contribution in [-0.4, -0.2) is 33.2 Å². The maximum atomic E-state index is 4.93. The van der Waals surface area contributed by atoms with Crippen molar-refractivity contribution in [3.05, 3.63) is 79.0 Å². The molecule has 6 nitrogen and oxygen atoms in total. The van der Waals surface area contributed by atoms with Crippen molar-refractivity contribution in [1.29, 1.82) is 0 Å². The van der Waals surface area contributed by atoms with Crippen LogP contribution >= 0.6 is 0 Å². The third-order valence-electron chi connectivity index (χ3n) is 6.09. The van der Waals surface area contributed by atoms with Crippen LogP contribution < -0.4 is 5.01 Å². The number of aliphatic imine (C=N–C) groups is 2. The molecule has 0 amide bonds. The van der Waals surface area contributed by atoms with Gasteiger partial charge in [0.1, 0.15) is 0 Å². The van der Waals surface area contributed by atoms with Gasteiger partial charge in [-0.1, -0.05) is 30.3 Å². The van der Waals surface area contributed by atoms with E-state index in [-0.39, 0.29) is 0 Å². The highest BCUT2D eigenvalue weighted by atomic mass is 15.8. The molecule has 3 heterocycles. The number of aromatic nitrogens is 2. The van der Waals surface area contributed by atoms with Crippen LogP contribution in [0.25, 0.3) is 22.3 Å². The second kappa shape index (κ2) is 6.71. The van der Waals surface area contributed by atoms with Gasteiger partial charge in [0, 0.05) is 5.56 Å². The maximum Gasteiger partial charge on any atom is 0.225 e. The molecule has 1 unspecified atom stereocenters. The van der Waals surface area contributed by atoms with Crippen LogP contribution in [0.2, 0.25) is 0 Å². The number of quaternary nitrogens is 1. The van der Waals surface area contributed by atoms with Crippen molar-refractivity contribution in [2.24, 2.45) is 9.98 Å². The second-order valence-corrected chi connectivity index (χ2v) is 7.86. The van der Waals surface area contributed by atoms with Gasteiger partial charge in [-0.2, -0.15) is 0 Å². The van der Waals surface area contributed by atoms with Crippen LogP contribution in [0, 0.1) is 0 Å². The minimum Gasteiger partial charge on any atom is -0.253 e. The van der Waals surface area contributed by atoms with Crippen LogP contribution in [0.1, 0.15) is 19.3 Å². The van der Waals surface area contributed by atoms with Gasteiger partial charge in [-0.3, -0.25) is 9.98 Å². The standard InChI is InChI=1S/C24H21N6/c1-2-5-18(6-3-1)24-16-27-22-10-9-20(13-23(22)28-24)29(19-7-4-8-19)30-12-11-25-14-21(30)15-26-17-30/h1-3,5-6,9-17,19H,4,7-8H2/q+1. The first-order chi connectivity index (χ1) is 14.8. The fraction of sp³-hybridized carbons (Fsp3) is 0.167. The molecule has 1 aromatic heterocycles. The molecule has 1 saturated carbocycles. The third kappa shape index (κ3) is 2.61. The van der Waals surface area contributed by atoms with E-state index < -0.39 is 0 Å². The number of benzene rings is 2. The van der Waals surface area contributed by atoms with Crippen LogP contribution in [0.15, 0.2) is 89.0 Å². The largest absolute Gasteiger partial charge is 0.253 e. The SMILES string of the molecule is C1=C[N+]2(N(c3ccc4ncc(-c5ccccc5)nc4c3)C3CCC3)C=NC=C2C=N1. The summed E-state index contributed by atoms with van der Waals surface area (Å²) in [5, 5.41) is 2.43. The van der Waals surface area contributed by atoms with E-state index in [1.807, 2.05) is 49.3 Å². The van der Waals surface area contributed by atoms with Gasteiger partial charge in [0.05, 0.1) is 53.3 Å². The monoisotopic (exact) mass is 393 g/mol. The van der Waals surface area contributed by atoms with Gasteiger partial charge >= 0.3 is 0 Å². The number of hydrogen-bond acceptors (Lipinski definition) is 5. The molecule has 0 spiro atoms. The molecule has 6 heteroatoms. The highest BCUT2D eigenvalue weighted by Gasteiger charge is 2.46. The predicted molar refractivity (Wildman–Crippen MR) is 120 cm³/mol. The van der Waals surface area contributed by atoms with E-state index in [4.69, 9.17) is 4.98 Å². The predicted octanol–water partition coefficient (Wildman–Crippen LogP) is 4.83. The number of fused-ring (bicyclic) bond motifs is 2. The van der Waals surface area contributed by atoms with Gasteiger partial charge in [0.25, 0.3) is 0 Å². The molecular formula is C24H21N6+. The molecule has 3 aromatic rings. The van der Waals surface area contributed by atoms with Crippen molar-refractivity contribution >= 4 is 29.3 Å². The highest BCUT2D eigenvalue weighted by molar-refractivity contribution is 5.84. The van der Waals surface area contributed by atoms with Crippen molar-refractivity contribution < 1.29 is 4.59 Å². The number of rotatable bonds is 4. The van der Waals surface area contributed by atoms with Gasteiger partial charge in [-0.15, -0.1) is 4.59 Å². The minimum atomic E-state index is 0.441. The third-order valence-corrected chi connectivity index (χ3v) is 6.09. The van der Waals surface area contributed by atoms with Gasteiger partial charge in [0.2, 0.25) is 12.0 Å². The maximum absolute atomic E-state index is 4.93. The summed E-state index contributed by atoms with van der Waals surface area (Å²) in [4.78, 5) is 18.4. The summed E-state index contributed by atoms with van der Waals surface area (Å²) in [6.45, 7) is 0. The molecule has 6 rings (SSSR count). The van der Waals surface area contributed by atoms with E-state index in [0.29, 0.717) is 10.6 Å². The Bertz CT molecular complexity index is 1240. The summed E-state index contributed by atoms with van der Waals surface area (Å²) in [5.41, 5.74) is 5.92. The first-order valence-corrected chi connectivity index (χ1v) is 10.3. The van der Waals surface area contributed by atoms with E-state index in [1.54, 1.807) is 0 Å². The molecule has 0 N–H and O–H groups in total. The van der Waals surface area contributed by atoms with Gasteiger partial charge in [-0.05, 0) is 37.5 Å². The normalized spacial score (nSPS) is 22.1. The van der Waals surface area contributed by atoms with Crippen molar-refractivity contribution in [3.63, 3.8) is 0 Å². The lowest BCUT2D eigenvalue weighted by atomic mass is 9.91. The lowest BCUT2D eigenvalue weighted by Gasteiger charge is -2.46. The summed E-state index contributed by atoms with van der Waals surface area (Å²) >= 11 is 0. The quantitative estimate of drug-likeness (QED) is 0.597. The molecule has 2 aliphatic heterocycles. The first kappa shape index (κ1) is 17.2. The van der Waals surface area contributed by atoms with E-state index >= 15 is 0 Å². The molecule has 0 radical (unpaired) electrons. The topological polar surface area (TPSA) is 53.7 Å². The zero-order valence-electron chi connectivity index (χ0n) is 16.5. The Hall–Kier alpha value is -3.64. The fourth-order valence-corrected chi connectivity index (χ4v) is 4.33. The summed E-state index contributed by atoms with van der Waals surface area (Å²) in [7, 11) is 0. The van der Waals surface area contributed by atoms with Crippen molar-refractivity contribution in [2.75, 3.05) is 5.01 Å². The molecule has 0 saturated heterocycles. The number of hydrogen-bond donors (Lipinski definition) is 0. The molecule has 1 aliphatic carbocycles. The van der Waals surface area contributed by atoms with Crippen molar-refractivity contribution in [1.82, 2.24) is 9.97 Å². The van der Waals surface area contributed by atoms with Crippen molar-refractivity contribution in [3.8, 4) is 11.3 Å². The summed E-state index contributed by atoms with van der Waals surface area (Å²) < 4.78 is 0.450.